The highest BCUT2D eigenvalue weighted by atomic mass is 79.9. The summed E-state index contributed by atoms with van der Waals surface area (Å²) in [6.07, 6.45) is 4.40. The summed E-state index contributed by atoms with van der Waals surface area (Å²) in [6.45, 7) is 7.38. The lowest BCUT2D eigenvalue weighted by atomic mass is 9.70. The van der Waals surface area contributed by atoms with E-state index in [1.807, 2.05) is 0 Å². The fraction of sp³-hybridized carbons (Fsp3) is 0.500. The van der Waals surface area contributed by atoms with Crippen molar-refractivity contribution in [2.45, 2.75) is 41.8 Å². The van der Waals surface area contributed by atoms with Gasteiger partial charge in [0.1, 0.15) is 11.6 Å². The van der Waals surface area contributed by atoms with Crippen molar-refractivity contribution in [2.24, 2.45) is 11.8 Å². The van der Waals surface area contributed by atoms with Gasteiger partial charge in [0.25, 0.3) is 5.91 Å². The van der Waals surface area contributed by atoms with Gasteiger partial charge in [-0.05, 0) is 31.4 Å². The molecule has 1 aromatic carbocycles. The smallest absolute Gasteiger partial charge is 0.312 e. The standard InChI is InChI=1S/C26H30BrClN2O6/c1-3-5-8-14-35-25(34)19-20-23(32)30(12-13-31)22(26(20)15-16(27)21(19)36-26)24(33)29(11-4-2)18-10-7-6-9-17(18)28/h3-4,6-7,9-10,16,19-22,31H,1-2,5,8,11-15H2/t16?,19-,20+,21-,22?,26?/m1/s1. The predicted octanol–water partition coefficient (Wildman–Crippen LogP) is 3.11. The van der Waals surface area contributed by atoms with Crippen molar-refractivity contribution in [1.82, 2.24) is 4.90 Å². The number of ether oxygens (including phenoxy) is 2. The van der Waals surface area contributed by atoms with E-state index in [-0.39, 0.29) is 31.1 Å². The largest absolute Gasteiger partial charge is 0.465 e. The van der Waals surface area contributed by atoms with E-state index in [1.54, 1.807) is 36.4 Å². The number of esters is 1. The maximum atomic E-state index is 14.2. The number of nitrogens with zero attached hydrogens (tertiary/aromatic N) is 2. The van der Waals surface area contributed by atoms with Gasteiger partial charge in [-0.2, -0.15) is 0 Å². The van der Waals surface area contributed by atoms with Crippen LogP contribution in [0, 0.1) is 11.8 Å². The average Bonchev–Trinajstić information content (AvgIpc) is 3.44. The van der Waals surface area contributed by atoms with E-state index < -0.39 is 47.4 Å². The zero-order valence-electron chi connectivity index (χ0n) is 19.9. The predicted molar refractivity (Wildman–Crippen MR) is 139 cm³/mol. The highest BCUT2D eigenvalue weighted by Gasteiger charge is 2.77. The van der Waals surface area contributed by atoms with E-state index >= 15 is 0 Å². The van der Waals surface area contributed by atoms with Crippen molar-refractivity contribution in [3.63, 3.8) is 0 Å². The van der Waals surface area contributed by atoms with Crippen LogP contribution in [0.25, 0.3) is 0 Å². The number of halogens is 2. The average molecular weight is 582 g/mol. The van der Waals surface area contributed by atoms with Gasteiger partial charge in [0, 0.05) is 17.9 Å². The molecule has 4 rings (SSSR count). The van der Waals surface area contributed by atoms with Gasteiger partial charge in [0.15, 0.2) is 0 Å². The number of amides is 2. The second-order valence-corrected chi connectivity index (χ2v) is 10.8. The minimum Gasteiger partial charge on any atom is -0.465 e. The Morgan fingerprint density at radius 1 is 1.33 bits per heavy atom. The molecule has 0 aliphatic carbocycles. The quantitative estimate of drug-likeness (QED) is 0.187. The number of para-hydroxylation sites is 1. The Balaban J connectivity index is 1.72. The van der Waals surface area contributed by atoms with Gasteiger partial charge in [-0.15, -0.1) is 13.2 Å². The summed E-state index contributed by atoms with van der Waals surface area (Å²) < 4.78 is 11.9. The lowest BCUT2D eigenvalue weighted by Gasteiger charge is -2.37. The molecule has 0 saturated carbocycles. The van der Waals surface area contributed by atoms with Crippen LogP contribution in [0.2, 0.25) is 5.02 Å². The molecule has 3 aliphatic heterocycles. The van der Waals surface area contributed by atoms with Crippen LogP contribution in [0.3, 0.4) is 0 Å². The number of allylic oxidation sites excluding steroid dienone is 1. The van der Waals surface area contributed by atoms with Gasteiger partial charge in [0.2, 0.25) is 5.91 Å². The molecule has 3 heterocycles. The Labute approximate surface area is 224 Å². The van der Waals surface area contributed by atoms with Crippen molar-refractivity contribution in [1.29, 1.82) is 0 Å². The summed E-state index contributed by atoms with van der Waals surface area (Å²) in [7, 11) is 0. The number of aliphatic hydroxyl groups is 1. The normalized spacial score (nSPS) is 30.2. The van der Waals surface area contributed by atoms with Crippen LogP contribution in [-0.4, -0.2) is 76.7 Å². The summed E-state index contributed by atoms with van der Waals surface area (Å²) in [6, 6.07) is 5.87. The summed E-state index contributed by atoms with van der Waals surface area (Å²) >= 11 is 10.0. The molecule has 194 valence electrons. The Morgan fingerprint density at radius 3 is 2.75 bits per heavy atom. The van der Waals surface area contributed by atoms with Crippen LogP contribution in [0.5, 0.6) is 0 Å². The zero-order valence-corrected chi connectivity index (χ0v) is 22.2. The maximum absolute atomic E-state index is 14.2. The van der Waals surface area contributed by atoms with Gasteiger partial charge in [-0.25, -0.2) is 0 Å². The van der Waals surface area contributed by atoms with Gasteiger partial charge < -0.3 is 24.4 Å². The van der Waals surface area contributed by atoms with Crippen LogP contribution in [0.4, 0.5) is 5.69 Å². The van der Waals surface area contributed by atoms with Gasteiger partial charge in [0.05, 0.1) is 41.9 Å². The Bertz CT molecular complexity index is 1050. The number of carbonyl (C=O) groups excluding carboxylic acids is 3. The molecule has 3 unspecified atom stereocenters. The van der Waals surface area contributed by atoms with E-state index in [1.165, 1.54) is 9.80 Å². The number of aliphatic hydroxyl groups excluding tert-OH is 1. The molecule has 0 radical (unpaired) electrons. The molecular weight excluding hydrogens is 552 g/mol. The summed E-state index contributed by atoms with van der Waals surface area (Å²) in [5.74, 6) is -3.06. The van der Waals surface area contributed by atoms with Crippen LogP contribution < -0.4 is 4.90 Å². The fourth-order valence-electron chi connectivity index (χ4n) is 5.78. The molecule has 3 fully saturated rings. The van der Waals surface area contributed by atoms with Crippen LogP contribution in [0.15, 0.2) is 49.6 Å². The van der Waals surface area contributed by atoms with Gasteiger partial charge in [-0.3, -0.25) is 14.4 Å². The minimum absolute atomic E-state index is 0.0694. The van der Waals surface area contributed by atoms with Crippen LogP contribution in [-0.2, 0) is 23.9 Å². The third kappa shape index (κ3) is 4.40. The molecule has 0 aromatic heterocycles. The van der Waals surface area contributed by atoms with E-state index in [4.69, 9.17) is 21.1 Å². The molecular formula is C26H30BrClN2O6. The van der Waals surface area contributed by atoms with Crippen molar-refractivity contribution < 1.29 is 29.0 Å². The first-order chi connectivity index (χ1) is 17.3. The second-order valence-electron chi connectivity index (χ2n) is 9.21. The molecule has 1 N–H and O–H groups in total. The Morgan fingerprint density at radius 2 is 2.08 bits per heavy atom. The maximum Gasteiger partial charge on any atom is 0.312 e. The number of hydrogen-bond donors (Lipinski definition) is 1. The molecule has 36 heavy (non-hydrogen) atoms. The van der Waals surface area contributed by atoms with E-state index in [0.29, 0.717) is 30.0 Å². The number of anilines is 1. The first-order valence-corrected chi connectivity index (χ1v) is 13.3. The topological polar surface area (TPSA) is 96.4 Å². The lowest BCUT2D eigenvalue weighted by molar-refractivity contribution is -0.155. The minimum atomic E-state index is -1.24. The summed E-state index contributed by atoms with van der Waals surface area (Å²) in [4.78, 5) is 43.7. The fourth-order valence-corrected chi connectivity index (χ4v) is 6.96. The Hall–Kier alpha value is -2.20. The number of likely N-dealkylation sites (tertiary alicyclic amines) is 1. The number of fused-ring (bicyclic) bond motifs is 1. The van der Waals surface area contributed by atoms with Crippen LogP contribution >= 0.6 is 27.5 Å². The SMILES string of the molecule is C=CCCCOC(=O)[C@H]1[C@@H]2OC3(CC2Br)C(C(=O)N(CC=C)c2ccccc2Cl)N(CCO)C(=O)[C@H]13. The highest BCUT2D eigenvalue weighted by molar-refractivity contribution is 9.09. The number of hydrogen-bond acceptors (Lipinski definition) is 6. The lowest BCUT2D eigenvalue weighted by Crippen LogP contribution is -2.57. The molecule has 3 aliphatic rings. The van der Waals surface area contributed by atoms with Gasteiger partial charge >= 0.3 is 5.97 Å². The van der Waals surface area contributed by atoms with Crippen molar-refractivity contribution in [3.8, 4) is 0 Å². The van der Waals surface area contributed by atoms with Crippen molar-refractivity contribution in [3.05, 3.63) is 54.6 Å². The molecule has 1 spiro atoms. The van der Waals surface area contributed by atoms with Crippen LogP contribution in [0.1, 0.15) is 19.3 Å². The van der Waals surface area contributed by atoms with Crippen molar-refractivity contribution >= 4 is 51.0 Å². The molecule has 2 bridgehead atoms. The number of alkyl halides is 1. The molecule has 10 heteroatoms. The highest BCUT2D eigenvalue weighted by Crippen LogP contribution is 2.60. The number of rotatable bonds is 11. The van der Waals surface area contributed by atoms with Crippen molar-refractivity contribution in [2.75, 3.05) is 31.2 Å². The molecule has 1 aromatic rings. The summed E-state index contributed by atoms with van der Waals surface area (Å²) in [5.41, 5.74) is -0.769. The Kier molecular flexibility index (Phi) is 8.24. The van der Waals surface area contributed by atoms with Gasteiger partial charge in [-0.1, -0.05) is 51.8 Å². The number of benzene rings is 1. The monoisotopic (exact) mass is 580 g/mol. The van der Waals surface area contributed by atoms with E-state index in [9.17, 15) is 19.5 Å². The van der Waals surface area contributed by atoms with E-state index in [0.717, 1.165) is 0 Å². The third-order valence-electron chi connectivity index (χ3n) is 7.15. The number of unbranched alkanes of at least 4 members (excludes halogenated alkanes) is 1. The first kappa shape index (κ1) is 26.9. The third-order valence-corrected chi connectivity index (χ3v) is 8.32. The first-order valence-electron chi connectivity index (χ1n) is 12.0. The second kappa shape index (κ2) is 11.0. The number of β-amino-alcohol motifs (C(OH)–C–C–N with tert-alkyl or cyclic N) is 1. The molecule has 8 nitrogen and oxygen atoms in total. The van der Waals surface area contributed by atoms with E-state index in [2.05, 4.69) is 29.1 Å². The zero-order chi connectivity index (χ0) is 26.0. The number of carbonyl (C=O) groups is 3. The molecule has 2 amide bonds. The summed E-state index contributed by atoms with van der Waals surface area (Å²) in [5, 5.41) is 10.1. The molecule has 6 atom stereocenters. The molecule has 3 saturated heterocycles.